The van der Waals surface area contributed by atoms with Gasteiger partial charge in [-0.15, -0.1) is 0 Å². The fourth-order valence-corrected chi connectivity index (χ4v) is 1.36. The molecule has 0 atom stereocenters. The van der Waals surface area contributed by atoms with Crippen LogP contribution in [0.3, 0.4) is 0 Å². The summed E-state index contributed by atoms with van der Waals surface area (Å²) in [7, 11) is 0. The highest BCUT2D eigenvalue weighted by molar-refractivity contribution is 6.31. The molecule has 1 heterocycles. The van der Waals surface area contributed by atoms with Gasteiger partial charge in [0.15, 0.2) is 0 Å². The molecule has 2 rings (SSSR count). The van der Waals surface area contributed by atoms with Crippen LogP contribution in [0.4, 0.5) is 0 Å². The molecule has 0 aliphatic rings. The van der Waals surface area contributed by atoms with Crippen LogP contribution < -0.4 is 0 Å². The van der Waals surface area contributed by atoms with Gasteiger partial charge in [0.1, 0.15) is 5.69 Å². The number of H-pyrrole nitrogens is 1. The SMILES string of the molecule is O=C(c1cccc(Cl)c1)c1ccn[nH]1. The Kier molecular flexibility index (Phi) is 2.33. The van der Waals surface area contributed by atoms with Crippen molar-refractivity contribution in [1.82, 2.24) is 10.2 Å². The highest BCUT2D eigenvalue weighted by atomic mass is 35.5. The third-order valence-corrected chi connectivity index (χ3v) is 2.07. The van der Waals surface area contributed by atoms with Gasteiger partial charge < -0.3 is 0 Å². The largest absolute Gasteiger partial charge is 0.287 e. The number of nitrogens with one attached hydrogen (secondary N) is 1. The van der Waals surface area contributed by atoms with Gasteiger partial charge in [0.25, 0.3) is 0 Å². The van der Waals surface area contributed by atoms with Crippen LogP contribution in [0.1, 0.15) is 16.1 Å². The minimum absolute atomic E-state index is 0.106. The van der Waals surface area contributed by atoms with Crippen molar-refractivity contribution >= 4 is 17.4 Å². The van der Waals surface area contributed by atoms with E-state index in [9.17, 15) is 4.79 Å². The lowest BCUT2D eigenvalue weighted by atomic mass is 10.1. The van der Waals surface area contributed by atoms with E-state index in [1.165, 1.54) is 6.20 Å². The van der Waals surface area contributed by atoms with Crippen LogP contribution in [-0.4, -0.2) is 16.0 Å². The minimum Gasteiger partial charge on any atom is -0.287 e. The Morgan fingerprint density at radius 1 is 1.36 bits per heavy atom. The molecule has 0 amide bonds. The van der Waals surface area contributed by atoms with Crippen molar-refractivity contribution in [1.29, 1.82) is 0 Å². The van der Waals surface area contributed by atoms with Crippen molar-refractivity contribution in [3.63, 3.8) is 0 Å². The smallest absolute Gasteiger partial charge is 0.210 e. The van der Waals surface area contributed by atoms with E-state index >= 15 is 0 Å². The van der Waals surface area contributed by atoms with Gasteiger partial charge in [-0.3, -0.25) is 9.89 Å². The molecule has 3 nitrogen and oxygen atoms in total. The Labute approximate surface area is 85.7 Å². The summed E-state index contributed by atoms with van der Waals surface area (Å²) in [5.41, 5.74) is 1.02. The molecule has 0 unspecified atom stereocenters. The van der Waals surface area contributed by atoms with Crippen LogP contribution in [0.15, 0.2) is 36.5 Å². The van der Waals surface area contributed by atoms with E-state index in [0.29, 0.717) is 16.3 Å². The number of benzene rings is 1. The molecule has 0 saturated heterocycles. The topological polar surface area (TPSA) is 45.8 Å². The molecule has 1 aromatic carbocycles. The van der Waals surface area contributed by atoms with Crippen molar-refractivity contribution < 1.29 is 4.79 Å². The zero-order valence-electron chi connectivity index (χ0n) is 7.20. The number of halogens is 1. The van der Waals surface area contributed by atoms with Crippen molar-refractivity contribution in [2.24, 2.45) is 0 Å². The number of carbonyl (C=O) groups excluding carboxylic acids is 1. The highest BCUT2D eigenvalue weighted by Gasteiger charge is 2.09. The zero-order chi connectivity index (χ0) is 9.97. The molecule has 1 N–H and O–H groups in total. The van der Waals surface area contributed by atoms with Gasteiger partial charge in [0, 0.05) is 16.8 Å². The Balaban J connectivity index is 2.37. The van der Waals surface area contributed by atoms with Crippen molar-refractivity contribution in [3.05, 3.63) is 52.8 Å². The first-order valence-electron chi connectivity index (χ1n) is 4.07. The summed E-state index contributed by atoms with van der Waals surface area (Å²) in [6.07, 6.45) is 1.54. The van der Waals surface area contributed by atoms with E-state index in [-0.39, 0.29) is 5.78 Å². The number of hydrogen-bond donors (Lipinski definition) is 1. The average molecular weight is 207 g/mol. The Morgan fingerprint density at radius 3 is 2.86 bits per heavy atom. The lowest BCUT2D eigenvalue weighted by Gasteiger charge is -1.97. The number of aromatic amines is 1. The number of ketones is 1. The van der Waals surface area contributed by atoms with Crippen LogP contribution in [0.25, 0.3) is 0 Å². The number of aromatic nitrogens is 2. The highest BCUT2D eigenvalue weighted by Crippen LogP contribution is 2.13. The van der Waals surface area contributed by atoms with Crippen LogP contribution >= 0.6 is 11.6 Å². The third-order valence-electron chi connectivity index (χ3n) is 1.83. The van der Waals surface area contributed by atoms with Gasteiger partial charge in [-0.2, -0.15) is 5.10 Å². The maximum Gasteiger partial charge on any atom is 0.210 e. The molecule has 4 heteroatoms. The monoisotopic (exact) mass is 206 g/mol. The quantitative estimate of drug-likeness (QED) is 0.767. The first-order valence-corrected chi connectivity index (χ1v) is 4.45. The van der Waals surface area contributed by atoms with Gasteiger partial charge >= 0.3 is 0 Å². The maximum absolute atomic E-state index is 11.7. The molecule has 0 fully saturated rings. The molecule has 2 aromatic rings. The van der Waals surface area contributed by atoms with Crippen LogP contribution in [-0.2, 0) is 0 Å². The van der Waals surface area contributed by atoms with E-state index in [1.54, 1.807) is 30.3 Å². The minimum atomic E-state index is -0.106. The Bertz CT molecular complexity index is 451. The number of hydrogen-bond acceptors (Lipinski definition) is 2. The molecule has 14 heavy (non-hydrogen) atoms. The van der Waals surface area contributed by atoms with Crippen molar-refractivity contribution in [2.45, 2.75) is 0 Å². The van der Waals surface area contributed by atoms with Crippen LogP contribution in [0.5, 0.6) is 0 Å². The van der Waals surface area contributed by atoms with Gasteiger partial charge in [-0.05, 0) is 18.2 Å². The number of rotatable bonds is 2. The van der Waals surface area contributed by atoms with E-state index < -0.39 is 0 Å². The average Bonchev–Trinajstić information content (AvgIpc) is 2.69. The normalized spacial score (nSPS) is 10.1. The summed E-state index contributed by atoms with van der Waals surface area (Å²) in [6.45, 7) is 0. The molecule has 0 aliphatic carbocycles. The van der Waals surface area contributed by atoms with E-state index in [2.05, 4.69) is 10.2 Å². The Morgan fingerprint density at radius 2 is 2.21 bits per heavy atom. The molecule has 0 aliphatic heterocycles. The summed E-state index contributed by atoms with van der Waals surface area (Å²) in [6, 6.07) is 8.44. The van der Waals surface area contributed by atoms with Gasteiger partial charge in [0.05, 0.1) is 0 Å². The second-order valence-electron chi connectivity index (χ2n) is 2.81. The van der Waals surface area contributed by atoms with Gasteiger partial charge in [-0.25, -0.2) is 0 Å². The second-order valence-corrected chi connectivity index (χ2v) is 3.25. The predicted molar refractivity (Wildman–Crippen MR) is 53.5 cm³/mol. The fourth-order valence-electron chi connectivity index (χ4n) is 1.17. The van der Waals surface area contributed by atoms with Gasteiger partial charge in [0.2, 0.25) is 5.78 Å². The summed E-state index contributed by atoms with van der Waals surface area (Å²) in [5, 5.41) is 6.88. The summed E-state index contributed by atoms with van der Waals surface area (Å²) in [4.78, 5) is 11.7. The molecule has 0 radical (unpaired) electrons. The van der Waals surface area contributed by atoms with Crippen LogP contribution in [0.2, 0.25) is 5.02 Å². The predicted octanol–water partition coefficient (Wildman–Crippen LogP) is 2.29. The lowest BCUT2D eigenvalue weighted by molar-refractivity contribution is 0.103. The second kappa shape index (κ2) is 3.64. The third kappa shape index (κ3) is 1.67. The summed E-state index contributed by atoms with van der Waals surface area (Å²) < 4.78 is 0. The molecule has 0 spiro atoms. The van der Waals surface area contributed by atoms with E-state index in [0.717, 1.165) is 0 Å². The van der Waals surface area contributed by atoms with E-state index in [4.69, 9.17) is 11.6 Å². The van der Waals surface area contributed by atoms with Crippen LogP contribution in [0, 0.1) is 0 Å². The van der Waals surface area contributed by atoms with Gasteiger partial charge in [-0.1, -0.05) is 23.7 Å². The van der Waals surface area contributed by atoms with Crippen molar-refractivity contribution in [3.8, 4) is 0 Å². The van der Waals surface area contributed by atoms with E-state index in [1.807, 2.05) is 0 Å². The summed E-state index contributed by atoms with van der Waals surface area (Å²) >= 11 is 5.77. The summed E-state index contributed by atoms with van der Waals surface area (Å²) in [5.74, 6) is -0.106. The van der Waals surface area contributed by atoms with Crippen molar-refractivity contribution in [2.75, 3.05) is 0 Å². The number of nitrogens with zero attached hydrogens (tertiary/aromatic N) is 1. The molecule has 70 valence electrons. The first kappa shape index (κ1) is 8.97. The Hall–Kier alpha value is -1.61. The molecular weight excluding hydrogens is 200 g/mol. The lowest BCUT2D eigenvalue weighted by Crippen LogP contribution is -2.01. The molecular formula is C10H7ClN2O. The number of carbonyl (C=O) groups is 1. The first-order chi connectivity index (χ1) is 6.77. The maximum atomic E-state index is 11.7. The molecule has 0 saturated carbocycles. The fraction of sp³-hybridized carbons (Fsp3) is 0. The molecule has 1 aromatic heterocycles. The zero-order valence-corrected chi connectivity index (χ0v) is 7.95. The molecule has 0 bridgehead atoms. The standard InChI is InChI=1S/C10H7ClN2O/c11-8-3-1-2-7(6-8)10(14)9-4-5-12-13-9/h1-6H,(H,12,13).